The molecule has 0 saturated heterocycles. The molecule has 0 saturated carbocycles. The molecule has 168 valence electrons. The van der Waals surface area contributed by atoms with Gasteiger partial charge in [-0.2, -0.15) is 0 Å². The van der Waals surface area contributed by atoms with Gasteiger partial charge in [-0.3, -0.25) is 4.79 Å². The van der Waals surface area contributed by atoms with E-state index in [2.05, 4.69) is 62.9 Å². The molecule has 35 heavy (non-hydrogen) atoms. The van der Waals surface area contributed by atoms with E-state index in [-0.39, 0.29) is 11.9 Å². The summed E-state index contributed by atoms with van der Waals surface area (Å²) < 4.78 is 5.35. The lowest BCUT2D eigenvalue weighted by molar-refractivity contribution is 0.0945. The molecule has 1 atom stereocenters. The minimum atomic E-state index is -0.246. The second-order valence-electron chi connectivity index (χ2n) is 8.40. The van der Waals surface area contributed by atoms with Gasteiger partial charge < -0.3 is 14.8 Å². The highest BCUT2D eigenvalue weighted by molar-refractivity contribution is 7.18. The quantitative estimate of drug-likeness (QED) is 0.308. The van der Waals surface area contributed by atoms with Crippen molar-refractivity contribution < 1.29 is 9.32 Å². The zero-order valence-electron chi connectivity index (χ0n) is 18.4. The summed E-state index contributed by atoms with van der Waals surface area (Å²) in [4.78, 5) is 23.0. The van der Waals surface area contributed by atoms with Crippen LogP contribution in [0.2, 0.25) is 0 Å². The van der Waals surface area contributed by atoms with E-state index in [1.165, 1.54) is 0 Å². The Morgan fingerprint density at radius 3 is 2.66 bits per heavy atom. The standard InChI is InChI=1S/C28H18N4O2S/c33-28(19-11-14-30-27-18(19)10-13-29-27)32-26-17-5-2-1-4-16(17)25-20(6-3-7-21(25)26)23-8-9-24(35-23)22-12-15-31-34-22/h1-15,26H,(H,29,30)(H,32,33). The molecule has 0 aliphatic heterocycles. The van der Waals surface area contributed by atoms with Crippen molar-refractivity contribution >= 4 is 28.3 Å². The number of hydrogen-bond acceptors (Lipinski definition) is 5. The van der Waals surface area contributed by atoms with Crippen molar-refractivity contribution in [3.63, 3.8) is 0 Å². The third-order valence-corrected chi connectivity index (χ3v) is 7.61. The zero-order chi connectivity index (χ0) is 23.4. The van der Waals surface area contributed by atoms with Gasteiger partial charge in [0.2, 0.25) is 0 Å². The van der Waals surface area contributed by atoms with Crippen LogP contribution < -0.4 is 5.32 Å². The van der Waals surface area contributed by atoms with E-state index in [9.17, 15) is 4.79 Å². The van der Waals surface area contributed by atoms with Crippen molar-refractivity contribution in [2.24, 2.45) is 0 Å². The monoisotopic (exact) mass is 474 g/mol. The summed E-state index contributed by atoms with van der Waals surface area (Å²) >= 11 is 1.67. The highest BCUT2D eigenvalue weighted by Gasteiger charge is 2.32. The number of rotatable bonds is 4. The highest BCUT2D eigenvalue weighted by atomic mass is 32.1. The van der Waals surface area contributed by atoms with Gasteiger partial charge in [-0.1, -0.05) is 47.6 Å². The number of H-pyrrole nitrogens is 1. The fourth-order valence-electron chi connectivity index (χ4n) is 4.94. The molecule has 1 aliphatic carbocycles. The average molecular weight is 475 g/mol. The molecule has 6 nitrogen and oxygen atoms in total. The molecule has 2 N–H and O–H groups in total. The number of benzene rings is 2. The number of hydrogen-bond donors (Lipinski definition) is 2. The Morgan fingerprint density at radius 1 is 0.886 bits per heavy atom. The molecule has 0 fully saturated rings. The van der Waals surface area contributed by atoms with Gasteiger partial charge in [-0.15, -0.1) is 11.3 Å². The fraction of sp³-hybridized carbons (Fsp3) is 0.0357. The molecular formula is C28H18N4O2S. The number of fused-ring (bicyclic) bond motifs is 4. The van der Waals surface area contributed by atoms with Gasteiger partial charge in [0.25, 0.3) is 5.91 Å². The third-order valence-electron chi connectivity index (χ3n) is 6.48. The van der Waals surface area contributed by atoms with Crippen LogP contribution in [0.5, 0.6) is 0 Å². The molecule has 1 unspecified atom stereocenters. The summed E-state index contributed by atoms with van der Waals surface area (Å²) in [7, 11) is 0. The van der Waals surface area contributed by atoms with Gasteiger partial charge in [0.15, 0.2) is 5.76 Å². The first-order chi connectivity index (χ1) is 17.3. The third kappa shape index (κ3) is 3.13. The van der Waals surface area contributed by atoms with Gasteiger partial charge in [-0.25, -0.2) is 4.98 Å². The fourth-order valence-corrected chi connectivity index (χ4v) is 5.94. The highest BCUT2D eigenvalue weighted by Crippen LogP contribution is 2.49. The second-order valence-corrected chi connectivity index (χ2v) is 9.49. The number of aromatic nitrogens is 3. The van der Waals surface area contributed by atoms with E-state index in [0.29, 0.717) is 11.2 Å². The smallest absolute Gasteiger partial charge is 0.252 e. The van der Waals surface area contributed by atoms with Crippen molar-refractivity contribution in [1.29, 1.82) is 0 Å². The topological polar surface area (TPSA) is 83.8 Å². The first-order valence-corrected chi connectivity index (χ1v) is 12.1. The number of aromatic amines is 1. The Morgan fingerprint density at radius 2 is 1.74 bits per heavy atom. The minimum absolute atomic E-state index is 0.126. The summed E-state index contributed by atoms with van der Waals surface area (Å²) in [5, 5.41) is 7.94. The molecule has 0 bridgehead atoms. The van der Waals surface area contributed by atoms with E-state index >= 15 is 0 Å². The van der Waals surface area contributed by atoms with E-state index in [1.54, 1.807) is 36.0 Å². The molecule has 0 spiro atoms. The van der Waals surface area contributed by atoms with E-state index < -0.39 is 0 Å². The van der Waals surface area contributed by atoms with Crippen LogP contribution in [0.4, 0.5) is 0 Å². The number of amides is 1. The van der Waals surface area contributed by atoms with Gasteiger partial charge in [0, 0.05) is 28.7 Å². The molecule has 7 rings (SSSR count). The molecule has 1 amide bonds. The Kier molecular flexibility index (Phi) is 4.43. The van der Waals surface area contributed by atoms with Crippen LogP contribution in [-0.4, -0.2) is 21.0 Å². The summed E-state index contributed by atoms with van der Waals surface area (Å²) in [6.45, 7) is 0. The van der Waals surface area contributed by atoms with Crippen molar-refractivity contribution in [3.8, 4) is 32.2 Å². The van der Waals surface area contributed by atoms with Gasteiger partial charge in [-0.05, 0) is 52.1 Å². The lowest BCUT2D eigenvalue weighted by atomic mass is 9.98. The SMILES string of the molecule is O=C(NC1c2ccccc2-c2c(-c3ccc(-c4ccno4)s3)cccc21)c1ccnc2[nH]ccc12. The van der Waals surface area contributed by atoms with Gasteiger partial charge in [0.1, 0.15) is 5.65 Å². The molecular weight excluding hydrogens is 456 g/mol. The van der Waals surface area contributed by atoms with Crippen LogP contribution in [-0.2, 0) is 0 Å². The summed E-state index contributed by atoms with van der Waals surface area (Å²) in [5.41, 5.74) is 6.92. The van der Waals surface area contributed by atoms with Gasteiger partial charge >= 0.3 is 0 Å². The van der Waals surface area contributed by atoms with Crippen LogP contribution in [0.3, 0.4) is 0 Å². The first kappa shape index (κ1) is 19.9. The van der Waals surface area contributed by atoms with Crippen LogP contribution in [0.25, 0.3) is 43.2 Å². The van der Waals surface area contributed by atoms with E-state index in [0.717, 1.165) is 48.7 Å². The number of thiophene rings is 1. The predicted molar refractivity (Wildman–Crippen MR) is 136 cm³/mol. The molecule has 4 aromatic heterocycles. The first-order valence-electron chi connectivity index (χ1n) is 11.2. The van der Waals surface area contributed by atoms with Crippen molar-refractivity contribution in [2.75, 3.05) is 0 Å². The zero-order valence-corrected chi connectivity index (χ0v) is 19.2. The Balaban J connectivity index is 1.32. The molecule has 0 radical (unpaired) electrons. The summed E-state index contributed by atoms with van der Waals surface area (Å²) in [6, 6.07) is 24.0. The van der Waals surface area contributed by atoms with Crippen molar-refractivity contribution in [2.45, 2.75) is 6.04 Å². The number of carbonyl (C=O) groups is 1. The molecule has 2 aromatic carbocycles. The average Bonchev–Trinajstić information content (AvgIpc) is 3.70. The molecule has 1 aliphatic rings. The van der Waals surface area contributed by atoms with Crippen molar-refractivity contribution in [3.05, 3.63) is 108 Å². The van der Waals surface area contributed by atoms with Crippen LogP contribution in [0, 0.1) is 0 Å². The van der Waals surface area contributed by atoms with E-state index in [1.807, 2.05) is 24.3 Å². The predicted octanol–water partition coefficient (Wildman–Crippen LogP) is 6.45. The maximum atomic E-state index is 13.5. The number of nitrogens with one attached hydrogen (secondary N) is 2. The van der Waals surface area contributed by atoms with E-state index in [4.69, 9.17) is 4.52 Å². The maximum Gasteiger partial charge on any atom is 0.252 e. The Hall–Kier alpha value is -4.49. The number of nitrogens with zero attached hydrogens (tertiary/aromatic N) is 2. The molecule has 4 heterocycles. The van der Waals surface area contributed by atoms with Gasteiger partial charge in [0.05, 0.1) is 22.7 Å². The second kappa shape index (κ2) is 7.78. The lowest BCUT2D eigenvalue weighted by Gasteiger charge is -2.17. The minimum Gasteiger partial charge on any atom is -0.355 e. The van der Waals surface area contributed by atoms with Crippen LogP contribution in [0.15, 0.2) is 95.9 Å². The number of carbonyl (C=O) groups excluding carboxylic acids is 1. The van der Waals surface area contributed by atoms with Crippen LogP contribution in [0.1, 0.15) is 27.5 Å². The largest absolute Gasteiger partial charge is 0.355 e. The normalized spacial score (nSPS) is 14.1. The Bertz CT molecular complexity index is 1710. The molecule has 7 heteroatoms. The Labute approximate surface area is 204 Å². The summed E-state index contributed by atoms with van der Waals surface area (Å²) in [6.07, 6.45) is 5.11. The van der Waals surface area contributed by atoms with Crippen molar-refractivity contribution in [1.82, 2.24) is 20.4 Å². The van der Waals surface area contributed by atoms with Crippen LogP contribution >= 0.6 is 11.3 Å². The number of pyridine rings is 1. The maximum absolute atomic E-state index is 13.5. The summed E-state index contributed by atoms with van der Waals surface area (Å²) in [5.74, 6) is 0.631. The lowest BCUT2D eigenvalue weighted by Crippen LogP contribution is -2.28. The molecule has 6 aromatic rings.